The van der Waals surface area contributed by atoms with Gasteiger partial charge in [-0.3, -0.25) is 10.1 Å². The third-order valence-corrected chi connectivity index (χ3v) is 4.54. The Morgan fingerprint density at radius 2 is 2.00 bits per heavy atom. The van der Waals surface area contributed by atoms with Crippen molar-refractivity contribution >= 4 is 5.91 Å². The maximum absolute atomic E-state index is 12.5. The summed E-state index contributed by atoms with van der Waals surface area (Å²) < 4.78 is 0. The number of nitrogens with one attached hydrogen (secondary N) is 1. The average Bonchev–Trinajstić information content (AvgIpc) is 2.65. The molecule has 102 valence electrons. The van der Waals surface area contributed by atoms with E-state index in [9.17, 15) is 4.79 Å². The van der Waals surface area contributed by atoms with Gasteiger partial charge < -0.3 is 4.90 Å². The Morgan fingerprint density at radius 1 is 1.26 bits per heavy atom. The maximum atomic E-state index is 12.5. The first-order valence-corrected chi connectivity index (χ1v) is 7.37. The molecule has 1 N–H and O–H groups in total. The first kappa shape index (κ1) is 12.7. The molecule has 1 aromatic rings. The van der Waals surface area contributed by atoms with Gasteiger partial charge in [-0.15, -0.1) is 0 Å². The Hall–Kier alpha value is -1.35. The predicted octanol–water partition coefficient (Wildman–Crippen LogP) is 2.70. The first-order chi connectivity index (χ1) is 9.25. The van der Waals surface area contributed by atoms with E-state index in [-0.39, 0.29) is 18.1 Å². The largest absolute Gasteiger partial charge is 0.326 e. The third kappa shape index (κ3) is 2.52. The average molecular weight is 258 g/mol. The van der Waals surface area contributed by atoms with E-state index in [4.69, 9.17) is 0 Å². The molecule has 3 nitrogen and oxygen atoms in total. The number of nitrogens with zero attached hydrogens (tertiary/aromatic N) is 1. The molecule has 19 heavy (non-hydrogen) atoms. The molecular formula is C16H22N2O. The van der Waals surface area contributed by atoms with Crippen molar-refractivity contribution in [3.8, 4) is 0 Å². The summed E-state index contributed by atoms with van der Waals surface area (Å²) >= 11 is 0. The lowest BCUT2D eigenvalue weighted by atomic mass is 9.83. The second kappa shape index (κ2) is 5.33. The van der Waals surface area contributed by atoms with Crippen molar-refractivity contribution in [3.63, 3.8) is 0 Å². The Kier molecular flexibility index (Phi) is 3.56. The van der Waals surface area contributed by atoms with E-state index in [1.807, 2.05) is 35.2 Å². The highest BCUT2D eigenvalue weighted by Gasteiger charge is 2.37. The molecule has 0 radical (unpaired) electrons. The van der Waals surface area contributed by atoms with Crippen LogP contribution >= 0.6 is 0 Å². The summed E-state index contributed by atoms with van der Waals surface area (Å²) in [4.78, 5) is 14.5. The molecule has 0 spiro atoms. The van der Waals surface area contributed by atoms with Crippen LogP contribution < -0.4 is 5.32 Å². The number of benzene rings is 1. The topological polar surface area (TPSA) is 32.3 Å². The van der Waals surface area contributed by atoms with E-state index in [0.717, 1.165) is 18.0 Å². The van der Waals surface area contributed by atoms with Gasteiger partial charge in [0.2, 0.25) is 5.91 Å². The van der Waals surface area contributed by atoms with Crippen LogP contribution in [0.4, 0.5) is 0 Å². The highest BCUT2D eigenvalue weighted by atomic mass is 16.2. The zero-order valence-electron chi connectivity index (χ0n) is 11.5. The minimum atomic E-state index is -0.155. The second-order valence-corrected chi connectivity index (χ2v) is 5.80. The summed E-state index contributed by atoms with van der Waals surface area (Å²) in [7, 11) is 0. The number of hydrogen-bond acceptors (Lipinski definition) is 2. The molecule has 1 aromatic carbocycles. The SMILES string of the molecule is CC1NC(c2ccccc2)C(=O)N1CCC1CCC1. The molecule has 0 bridgehead atoms. The van der Waals surface area contributed by atoms with Crippen molar-refractivity contribution in [1.29, 1.82) is 0 Å². The molecule has 3 rings (SSSR count). The maximum Gasteiger partial charge on any atom is 0.245 e. The van der Waals surface area contributed by atoms with E-state index in [0.29, 0.717) is 0 Å². The van der Waals surface area contributed by atoms with Gasteiger partial charge in [0.25, 0.3) is 0 Å². The van der Waals surface area contributed by atoms with Crippen LogP contribution in [0.15, 0.2) is 30.3 Å². The summed E-state index contributed by atoms with van der Waals surface area (Å²) in [5.41, 5.74) is 1.07. The lowest BCUT2D eigenvalue weighted by Gasteiger charge is -2.29. The lowest BCUT2D eigenvalue weighted by Crippen LogP contribution is -2.36. The monoisotopic (exact) mass is 258 g/mol. The van der Waals surface area contributed by atoms with Crippen molar-refractivity contribution in [2.45, 2.75) is 44.8 Å². The molecule has 1 heterocycles. The van der Waals surface area contributed by atoms with E-state index in [1.54, 1.807) is 0 Å². The van der Waals surface area contributed by atoms with Gasteiger partial charge in [-0.05, 0) is 24.8 Å². The summed E-state index contributed by atoms with van der Waals surface area (Å²) in [5.74, 6) is 1.09. The summed E-state index contributed by atoms with van der Waals surface area (Å²) in [6.07, 6.45) is 5.40. The minimum Gasteiger partial charge on any atom is -0.326 e. The smallest absolute Gasteiger partial charge is 0.245 e. The van der Waals surface area contributed by atoms with Crippen LogP contribution in [0.2, 0.25) is 0 Å². The van der Waals surface area contributed by atoms with Gasteiger partial charge in [0, 0.05) is 6.54 Å². The van der Waals surface area contributed by atoms with Gasteiger partial charge in [-0.2, -0.15) is 0 Å². The molecule has 2 fully saturated rings. The molecule has 1 aliphatic carbocycles. The number of hydrogen-bond donors (Lipinski definition) is 1. The van der Waals surface area contributed by atoms with Crippen LogP contribution in [0.1, 0.15) is 44.2 Å². The van der Waals surface area contributed by atoms with Crippen LogP contribution in [-0.4, -0.2) is 23.5 Å². The fourth-order valence-corrected chi connectivity index (χ4v) is 3.05. The summed E-state index contributed by atoms with van der Waals surface area (Å²) in [6.45, 7) is 2.99. The molecule has 1 saturated carbocycles. The Morgan fingerprint density at radius 3 is 2.63 bits per heavy atom. The van der Waals surface area contributed by atoms with Crippen LogP contribution in [0, 0.1) is 5.92 Å². The van der Waals surface area contributed by atoms with Crippen molar-refractivity contribution in [3.05, 3.63) is 35.9 Å². The van der Waals surface area contributed by atoms with Gasteiger partial charge in [-0.1, -0.05) is 49.6 Å². The Balaban J connectivity index is 1.64. The van der Waals surface area contributed by atoms with Crippen LogP contribution in [0.25, 0.3) is 0 Å². The summed E-state index contributed by atoms with van der Waals surface area (Å²) in [6, 6.07) is 9.87. The molecule has 3 heteroatoms. The Labute approximate surface area is 115 Å². The zero-order chi connectivity index (χ0) is 13.2. The van der Waals surface area contributed by atoms with Crippen molar-refractivity contribution in [1.82, 2.24) is 10.2 Å². The lowest BCUT2D eigenvalue weighted by molar-refractivity contribution is -0.130. The van der Waals surface area contributed by atoms with E-state index < -0.39 is 0 Å². The Bertz CT molecular complexity index is 441. The van der Waals surface area contributed by atoms with Crippen LogP contribution in [0.5, 0.6) is 0 Å². The van der Waals surface area contributed by atoms with Crippen molar-refractivity contribution < 1.29 is 4.79 Å². The van der Waals surface area contributed by atoms with Gasteiger partial charge in [-0.25, -0.2) is 0 Å². The van der Waals surface area contributed by atoms with E-state index in [2.05, 4.69) is 12.2 Å². The highest BCUT2D eigenvalue weighted by molar-refractivity contribution is 5.85. The molecule has 1 saturated heterocycles. The number of rotatable bonds is 4. The normalized spacial score (nSPS) is 27.6. The zero-order valence-corrected chi connectivity index (χ0v) is 11.5. The van der Waals surface area contributed by atoms with E-state index in [1.165, 1.54) is 25.7 Å². The van der Waals surface area contributed by atoms with Gasteiger partial charge in [0.05, 0.1) is 6.17 Å². The molecule has 1 amide bonds. The minimum absolute atomic E-state index is 0.151. The number of amides is 1. The van der Waals surface area contributed by atoms with E-state index >= 15 is 0 Å². The molecule has 2 aliphatic rings. The molecular weight excluding hydrogens is 236 g/mol. The molecule has 0 aromatic heterocycles. The quantitative estimate of drug-likeness (QED) is 0.900. The molecule has 1 aliphatic heterocycles. The van der Waals surface area contributed by atoms with Gasteiger partial charge >= 0.3 is 0 Å². The van der Waals surface area contributed by atoms with Crippen LogP contribution in [-0.2, 0) is 4.79 Å². The fraction of sp³-hybridized carbons (Fsp3) is 0.562. The standard InChI is InChI=1S/C16H22N2O/c1-12-17-15(14-8-3-2-4-9-14)16(19)18(12)11-10-13-6-5-7-13/h2-4,8-9,12-13,15,17H,5-7,10-11H2,1H3. The number of carbonyl (C=O) groups is 1. The van der Waals surface area contributed by atoms with Gasteiger partial charge in [0.15, 0.2) is 0 Å². The molecule has 2 unspecified atom stereocenters. The third-order valence-electron chi connectivity index (χ3n) is 4.54. The fourth-order valence-electron chi connectivity index (χ4n) is 3.05. The van der Waals surface area contributed by atoms with Crippen molar-refractivity contribution in [2.24, 2.45) is 5.92 Å². The predicted molar refractivity (Wildman–Crippen MR) is 75.5 cm³/mol. The van der Waals surface area contributed by atoms with Crippen molar-refractivity contribution in [2.75, 3.05) is 6.54 Å². The highest BCUT2D eigenvalue weighted by Crippen LogP contribution is 2.31. The number of carbonyl (C=O) groups excluding carboxylic acids is 1. The summed E-state index contributed by atoms with van der Waals surface area (Å²) in [5, 5.41) is 3.41. The second-order valence-electron chi connectivity index (χ2n) is 5.80. The van der Waals surface area contributed by atoms with Gasteiger partial charge in [0.1, 0.15) is 6.04 Å². The molecule has 2 atom stereocenters. The van der Waals surface area contributed by atoms with Crippen LogP contribution in [0.3, 0.4) is 0 Å². The first-order valence-electron chi connectivity index (χ1n) is 7.37.